The van der Waals surface area contributed by atoms with Gasteiger partial charge in [0.15, 0.2) is 0 Å². The summed E-state index contributed by atoms with van der Waals surface area (Å²) in [6.45, 7) is 3.11. The fourth-order valence-electron chi connectivity index (χ4n) is 0.440. The Kier molecular flexibility index (Phi) is 9.21. The molecule has 0 aliphatic carbocycles. The summed E-state index contributed by atoms with van der Waals surface area (Å²) in [5.74, 6) is 5.52. The minimum absolute atomic E-state index is 0.639. The molecule has 10 heavy (non-hydrogen) atoms. The van der Waals surface area contributed by atoms with Crippen LogP contribution in [0.2, 0.25) is 0 Å². The van der Waals surface area contributed by atoms with Crippen LogP contribution in [0, 0.1) is 0 Å². The van der Waals surface area contributed by atoms with E-state index in [0.29, 0.717) is 6.29 Å². The quantitative estimate of drug-likeness (QED) is 0.448. The molecule has 1 rings (SSSR count). The van der Waals surface area contributed by atoms with Crippen LogP contribution in [-0.4, -0.2) is 29.3 Å². The molecule has 0 aromatic rings. The number of hydrogen-bond acceptors (Lipinski definition) is 3. The summed E-state index contributed by atoms with van der Waals surface area (Å²) in [6.07, 6.45) is 1.83. The normalized spacial score (nSPS) is 16.4. The Bertz CT molecular complexity index is 72.1. The zero-order chi connectivity index (χ0) is 7.66. The Morgan fingerprint density at radius 3 is 1.50 bits per heavy atom. The largest absolute Gasteiger partial charge is 0.299 e. The molecule has 0 aromatic carbocycles. The molecule has 1 aliphatic rings. The fourth-order valence-corrected chi connectivity index (χ4v) is 2.73. The summed E-state index contributed by atoms with van der Waals surface area (Å²) in [7, 11) is 0. The minimum Gasteiger partial charge on any atom is -0.299 e. The first kappa shape index (κ1) is 10.1. The molecule has 0 atom stereocenters. The van der Waals surface area contributed by atoms with Gasteiger partial charge in [-0.05, 0) is 6.08 Å². The highest BCUT2D eigenvalue weighted by Gasteiger charge is 1.95. The van der Waals surface area contributed by atoms with E-state index in [1.165, 1.54) is 29.1 Å². The number of carbonyl (C=O) groups is 1. The van der Waals surface area contributed by atoms with Crippen molar-refractivity contribution in [2.24, 2.45) is 0 Å². The predicted octanol–water partition coefficient (Wildman–Crippen LogP) is 1.84. The molecule has 1 heterocycles. The maximum absolute atomic E-state index is 9.06. The summed E-state index contributed by atoms with van der Waals surface area (Å²) >= 11 is 4.15. The van der Waals surface area contributed by atoms with Crippen molar-refractivity contribution >= 4 is 29.8 Å². The van der Waals surface area contributed by atoms with E-state index in [4.69, 9.17) is 4.79 Å². The maximum Gasteiger partial charge on any atom is 0.142 e. The predicted molar refractivity (Wildman–Crippen MR) is 50.9 cm³/mol. The second-order valence-corrected chi connectivity index (χ2v) is 4.05. The number of carbonyl (C=O) groups excluding carboxylic acids is 1. The molecule has 0 unspecified atom stereocenters. The first-order valence-electron chi connectivity index (χ1n) is 3.13. The van der Waals surface area contributed by atoms with Gasteiger partial charge in [-0.15, -0.1) is 0 Å². The zero-order valence-electron chi connectivity index (χ0n) is 5.91. The van der Waals surface area contributed by atoms with Gasteiger partial charge >= 0.3 is 0 Å². The summed E-state index contributed by atoms with van der Waals surface area (Å²) < 4.78 is 0. The van der Waals surface area contributed by atoms with Gasteiger partial charge in [0.1, 0.15) is 6.29 Å². The highest BCUT2D eigenvalue weighted by molar-refractivity contribution is 8.06. The number of hydrogen-bond donors (Lipinski definition) is 0. The average molecular weight is 176 g/mol. The van der Waals surface area contributed by atoms with Gasteiger partial charge in [-0.2, -0.15) is 23.5 Å². The van der Waals surface area contributed by atoms with Crippen LogP contribution in [-0.2, 0) is 4.79 Å². The van der Waals surface area contributed by atoms with Crippen LogP contribution in [0.1, 0.15) is 0 Å². The fraction of sp³-hybridized carbons (Fsp3) is 0.571. The Morgan fingerprint density at radius 1 is 1.10 bits per heavy atom. The van der Waals surface area contributed by atoms with Crippen LogP contribution < -0.4 is 0 Å². The monoisotopic (exact) mass is 176 g/mol. The molecule has 0 saturated carbocycles. The van der Waals surface area contributed by atoms with Crippen molar-refractivity contribution < 1.29 is 4.79 Å². The minimum atomic E-state index is 0.639. The van der Waals surface area contributed by atoms with Gasteiger partial charge in [-0.3, -0.25) is 4.79 Å². The molecular formula is C7H12OS2. The maximum atomic E-state index is 9.06. The van der Waals surface area contributed by atoms with E-state index in [1.807, 2.05) is 0 Å². The van der Waals surface area contributed by atoms with Gasteiger partial charge in [-0.1, -0.05) is 6.58 Å². The highest BCUT2D eigenvalue weighted by atomic mass is 32.2. The molecule has 1 saturated heterocycles. The summed E-state index contributed by atoms with van der Waals surface area (Å²) in [6, 6.07) is 0. The Morgan fingerprint density at radius 2 is 1.40 bits per heavy atom. The standard InChI is InChI=1S/C4H8S2.C3H4O/c1-2-6-4-3-5-1;1-2-3-4/h1-4H2;2-3H,1H2. The van der Waals surface area contributed by atoms with E-state index in [1.54, 1.807) is 0 Å². The summed E-state index contributed by atoms with van der Waals surface area (Å²) in [5, 5.41) is 0. The van der Waals surface area contributed by atoms with E-state index in [-0.39, 0.29) is 0 Å². The highest BCUT2D eigenvalue weighted by Crippen LogP contribution is 2.14. The van der Waals surface area contributed by atoms with Gasteiger partial charge in [0, 0.05) is 23.0 Å². The molecule has 1 fully saturated rings. The van der Waals surface area contributed by atoms with Crippen LogP contribution in [0.15, 0.2) is 12.7 Å². The third-order valence-electron chi connectivity index (χ3n) is 0.840. The lowest BCUT2D eigenvalue weighted by Gasteiger charge is -2.05. The van der Waals surface area contributed by atoms with Crippen molar-refractivity contribution in [2.45, 2.75) is 0 Å². The molecule has 0 spiro atoms. The lowest BCUT2D eigenvalue weighted by atomic mass is 10.8. The third-order valence-corrected chi connectivity index (χ3v) is 3.33. The molecule has 0 N–H and O–H groups in total. The van der Waals surface area contributed by atoms with Crippen LogP contribution in [0.4, 0.5) is 0 Å². The molecule has 0 bridgehead atoms. The lowest BCUT2D eigenvalue weighted by molar-refractivity contribution is -0.104. The van der Waals surface area contributed by atoms with Gasteiger partial charge in [0.05, 0.1) is 0 Å². The van der Waals surface area contributed by atoms with Crippen molar-refractivity contribution in [1.29, 1.82) is 0 Å². The number of rotatable bonds is 1. The molecule has 58 valence electrons. The van der Waals surface area contributed by atoms with E-state index < -0.39 is 0 Å². The van der Waals surface area contributed by atoms with Gasteiger partial charge in [0.25, 0.3) is 0 Å². The average Bonchev–Trinajstić information content (AvgIpc) is 2.08. The second-order valence-electron chi connectivity index (χ2n) is 1.60. The topological polar surface area (TPSA) is 17.1 Å². The first-order valence-corrected chi connectivity index (χ1v) is 5.44. The van der Waals surface area contributed by atoms with Crippen LogP contribution >= 0.6 is 23.5 Å². The second kappa shape index (κ2) is 9.11. The molecule has 1 nitrogen and oxygen atoms in total. The van der Waals surface area contributed by atoms with Crippen molar-refractivity contribution in [2.75, 3.05) is 23.0 Å². The van der Waals surface area contributed by atoms with E-state index >= 15 is 0 Å². The Labute approximate surface area is 70.6 Å². The van der Waals surface area contributed by atoms with Crippen molar-refractivity contribution in [3.63, 3.8) is 0 Å². The smallest absolute Gasteiger partial charge is 0.142 e. The van der Waals surface area contributed by atoms with Gasteiger partial charge in [0.2, 0.25) is 0 Å². The Balaban J connectivity index is 0.000000180. The van der Waals surface area contributed by atoms with Crippen molar-refractivity contribution in [1.82, 2.24) is 0 Å². The molecular weight excluding hydrogens is 164 g/mol. The molecule has 3 heteroatoms. The SMILES string of the molecule is C1CSCCS1.C=CC=O. The molecule has 0 amide bonds. The van der Waals surface area contributed by atoms with Crippen molar-refractivity contribution in [3.05, 3.63) is 12.7 Å². The molecule has 1 aliphatic heterocycles. The summed E-state index contributed by atoms with van der Waals surface area (Å²) in [4.78, 5) is 9.06. The van der Waals surface area contributed by atoms with Crippen LogP contribution in [0.5, 0.6) is 0 Å². The number of thioether (sulfide) groups is 2. The molecule has 0 radical (unpaired) electrons. The van der Waals surface area contributed by atoms with E-state index in [0.717, 1.165) is 0 Å². The van der Waals surface area contributed by atoms with Gasteiger partial charge in [-0.25, -0.2) is 0 Å². The van der Waals surface area contributed by atoms with E-state index in [2.05, 4.69) is 30.1 Å². The van der Waals surface area contributed by atoms with Gasteiger partial charge < -0.3 is 0 Å². The van der Waals surface area contributed by atoms with Crippen LogP contribution in [0.3, 0.4) is 0 Å². The van der Waals surface area contributed by atoms with Crippen molar-refractivity contribution in [3.8, 4) is 0 Å². The summed E-state index contributed by atoms with van der Waals surface area (Å²) in [5.41, 5.74) is 0. The van der Waals surface area contributed by atoms with Crippen LogP contribution in [0.25, 0.3) is 0 Å². The molecule has 0 aromatic heterocycles. The lowest BCUT2D eigenvalue weighted by Crippen LogP contribution is -1.97. The van der Waals surface area contributed by atoms with E-state index in [9.17, 15) is 0 Å². The third kappa shape index (κ3) is 8.11. The zero-order valence-corrected chi connectivity index (χ0v) is 7.55. The Hall–Kier alpha value is 0.110. The number of aldehydes is 1. The first-order chi connectivity index (χ1) is 4.91. The number of allylic oxidation sites excluding steroid dienone is 1.